The van der Waals surface area contributed by atoms with E-state index >= 15 is 0 Å². The molecular formula is C16H27ClN2O5. The maximum atomic E-state index is 11.8. The van der Waals surface area contributed by atoms with E-state index in [9.17, 15) is 19.5 Å². The minimum Gasteiger partial charge on any atom is -0.480 e. The Labute approximate surface area is 147 Å². The number of alkyl carbamates (subject to hydrolysis) is 1. The molecule has 0 aliphatic carbocycles. The van der Waals surface area contributed by atoms with Gasteiger partial charge in [-0.3, -0.25) is 4.79 Å². The van der Waals surface area contributed by atoms with E-state index in [2.05, 4.69) is 5.32 Å². The zero-order valence-electron chi connectivity index (χ0n) is 14.5. The number of hydrogen-bond acceptors (Lipinski definition) is 4. The van der Waals surface area contributed by atoms with Crippen molar-refractivity contribution in [1.82, 2.24) is 10.2 Å². The molecule has 1 aliphatic heterocycles. The number of amides is 2. The summed E-state index contributed by atoms with van der Waals surface area (Å²) in [4.78, 5) is 36.4. The molecule has 7 nitrogen and oxygen atoms in total. The number of carbonyl (C=O) groups is 3. The summed E-state index contributed by atoms with van der Waals surface area (Å²) >= 11 is 5.77. The summed E-state index contributed by atoms with van der Waals surface area (Å²) in [6.45, 7) is 6.39. The molecule has 0 aromatic heterocycles. The van der Waals surface area contributed by atoms with Gasteiger partial charge >= 0.3 is 12.1 Å². The van der Waals surface area contributed by atoms with Gasteiger partial charge in [0.1, 0.15) is 11.6 Å². The fourth-order valence-corrected chi connectivity index (χ4v) is 2.74. The molecule has 24 heavy (non-hydrogen) atoms. The molecule has 2 atom stereocenters. The molecule has 138 valence electrons. The maximum absolute atomic E-state index is 11.8. The zero-order chi connectivity index (χ0) is 18.3. The summed E-state index contributed by atoms with van der Waals surface area (Å²) in [5.74, 6) is -0.314. The maximum Gasteiger partial charge on any atom is 0.408 e. The van der Waals surface area contributed by atoms with Crippen molar-refractivity contribution in [2.24, 2.45) is 5.92 Å². The van der Waals surface area contributed by atoms with E-state index in [1.807, 2.05) is 0 Å². The lowest BCUT2D eigenvalue weighted by Crippen LogP contribution is -2.43. The average Bonchev–Trinajstić information content (AvgIpc) is 2.80. The second-order valence-electron chi connectivity index (χ2n) is 7.10. The predicted molar refractivity (Wildman–Crippen MR) is 90.1 cm³/mol. The largest absolute Gasteiger partial charge is 0.480 e. The molecule has 8 heteroatoms. The van der Waals surface area contributed by atoms with Gasteiger partial charge in [-0.05, 0) is 46.0 Å². The highest BCUT2D eigenvalue weighted by atomic mass is 35.5. The Hall–Kier alpha value is -1.50. The number of carboxylic acids is 1. The second-order valence-corrected chi connectivity index (χ2v) is 7.41. The monoisotopic (exact) mass is 362 g/mol. The highest BCUT2D eigenvalue weighted by Crippen LogP contribution is 2.19. The first-order chi connectivity index (χ1) is 11.1. The highest BCUT2D eigenvalue weighted by molar-refractivity contribution is 6.18. The Bertz CT molecular complexity index is 464. The highest BCUT2D eigenvalue weighted by Gasteiger charge is 2.28. The van der Waals surface area contributed by atoms with Gasteiger partial charge in [0, 0.05) is 25.4 Å². The summed E-state index contributed by atoms with van der Waals surface area (Å²) < 4.78 is 5.07. The van der Waals surface area contributed by atoms with Crippen molar-refractivity contribution >= 4 is 29.6 Å². The van der Waals surface area contributed by atoms with Crippen LogP contribution in [0.4, 0.5) is 4.79 Å². The van der Waals surface area contributed by atoms with Gasteiger partial charge in [0.2, 0.25) is 5.91 Å². The number of nitrogens with zero attached hydrogens (tertiary/aromatic N) is 1. The number of unbranched alkanes of at least 4 members (excludes halogenated alkanes) is 1. The third-order valence-electron chi connectivity index (χ3n) is 3.67. The molecule has 1 fully saturated rings. The molecule has 1 unspecified atom stereocenters. The number of likely N-dealkylation sites (tertiary alicyclic amines) is 1. The van der Waals surface area contributed by atoms with Gasteiger partial charge in [-0.1, -0.05) is 0 Å². The van der Waals surface area contributed by atoms with E-state index in [-0.39, 0.29) is 18.2 Å². The van der Waals surface area contributed by atoms with Crippen LogP contribution < -0.4 is 5.32 Å². The second kappa shape index (κ2) is 9.11. The van der Waals surface area contributed by atoms with Crippen molar-refractivity contribution in [2.75, 3.05) is 19.0 Å². The standard InChI is InChI=1S/C16H27ClN2O5/c1-16(2,3)24-15(23)18-12(14(21)22)6-4-5-7-19-10-11(9-17)8-13(19)20/h11-12H,4-10H2,1-3H3,(H,18,23)(H,21,22)/t11?,12-/m0/s1. The molecule has 2 N–H and O–H groups in total. The molecule has 1 rings (SSSR count). The van der Waals surface area contributed by atoms with E-state index in [0.717, 1.165) is 0 Å². The quantitative estimate of drug-likeness (QED) is 0.510. The van der Waals surface area contributed by atoms with Crippen LogP contribution >= 0.6 is 11.6 Å². The van der Waals surface area contributed by atoms with Crippen molar-refractivity contribution in [3.63, 3.8) is 0 Å². The lowest BCUT2D eigenvalue weighted by Gasteiger charge is -2.22. The normalized spacial score (nSPS) is 19.2. The summed E-state index contributed by atoms with van der Waals surface area (Å²) in [5.41, 5.74) is -0.678. The van der Waals surface area contributed by atoms with Crippen LogP contribution in [0.5, 0.6) is 0 Å². The summed E-state index contributed by atoms with van der Waals surface area (Å²) in [6.07, 6.45) is 1.30. The SMILES string of the molecule is CC(C)(C)OC(=O)N[C@@H](CCCCN1CC(CCl)CC1=O)C(=O)O. The van der Waals surface area contributed by atoms with Gasteiger partial charge in [0.05, 0.1) is 0 Å². The van der Waals surface area contributed by atoms with Crippen LogP contribution in [-0.4, -0.2) is 58.6 Å². The molecule has 1 heterocycles. The Morgan fingerprint density at radius 1 is 1.42 bits per heavy atom. The van der Waals surface area contributed by atoms with Gasteiger partial charge in [0.25, 0.3) is 0 Å². The Morgan fingerprint density at radius 2 is 2.08 bits per heavy atom. The predicted octanol–water partition coefficient (Wildman–Crippen LogP) is 2.22. The van der Waals surface area contributed by atoms with Crippen LogP contribution in [0, 0.1) is 5.92 Å². The van der Waals surface area contributed by atoms with Crippen LogP contribution in [0.15, 0.2) is 0 Å². The minimum atomic E-state index is -1.10. The van der Waals surface area contributed by atoms with Gasteiger partial charge in [-0.25, -0.2) is 9.59 Å². The molecule has 0 aromatic carbocycles. The number of carboxylic acid groups (broad SMARTS) is 1. The number of rotatable bonds is 8. The molecule has 1 aliphatic rings. The van der Waals surface area contributed by atoms with Crippen molar-refractivity contribution in [3.8, 4) is 0 Å². The van der Waals surface area contributed by atoms with E-state index < -0.39 is 23.7 Å². The number of carbonyl (C=O) groups excluding carboxylic acids is 2. The third kappa shape index (κ3) is 7.38. The van der Waals surface area contributed by atoms with Crippen molar-refractivity contribution < 1.29 is 24.2 Å². The first-order valence-electron chi connectivity index (χ1n) is 8.18. The fourth-order valence-electron chi connectivity index (χ4n) is 2.53. The van der Waals surface area contributed by atoms with Crippen molar-refractivity contribution in [1.29, 1.82) is 0 Å². The van der Waals surface area contributed by atoms with E-state index in [0.29, 0.717) is 38.2 Å². The van der Waals surface area contributed by atoms with Crippen LogP contribution in [0.2, 0.25) is 0 Å². The lowest BCUT2D eigenvalue weighted by molar-refractivity contribution is -0.139. The van der Waals surface area contributed by atoms with Gasteiger partial charge in [0.15, 0.2) is 0 Å². The van der Waals surface area contributed by atoms with Crippen molar-refractivity contribution in [2.45, 2.75) is 58.1 Å². The number of nitrogens with one attached hydrogen (secondary N) is 1. The molecular weight excluding hydrogens is 336 g/mol. The Morgan fingerprint density at radius 3 is 2.58 bits per heavy atom. The van der Waals surface area contributed by atoms with Crippen LogP contribution in [0.1, 0.15) is 46.5 Å². The molecule has 0 saturated carbocycles. The van der Waals surface area contributed by atoms with Crippen LogP contribution in [0.3, 0.4) is 0 Å². The summed E-state index contributed by atoms with van der Waals surface area (Å²) in [5, 5.41) is 11.6. The minimum absolute atomic E-state index is 0.0994. The fraction of sp³-hybridized carbons (Fsp3) is 0.812. The number of aliphatic carboxylic acids is 1. The number of alkyl halides is 1. The first kappa shape index (κ1) is 20.5. The van der Waals surface area contributed by atoms with Gasteiger partial charge in [-0.2, -0.15) is 0 Å². The smallest absolute Gasteiger partial charge is 0.408 e. The average molecular weight is 363 g/mol. The van der Waals surface area contributed by atoms with Crippen LogP contribution in [-0.2, 0) is 14.3 Å². The molecule has 0 radical (unpaired) electrons. The third-order valence-corrected chi connectivity index (χ3v) is 4.11. The zero-order valence-corrected chi connectivity index (χ0v) is 15.3. The van der Waals surface area contributed by atoms with Crippen molar-refractivity contribution in [3.05, 3.63) is 0 Å². The molecule has 0 bridgehead atoms. The Kier molecular flexibility index (Phi) is 7.79. The van der Waals surface area contributed by atoms with E-state index in [4.69, 9.17) is 16.3 Å². The first-order valence-corrected chi connectivity index (χ1v) is 8.72. The molecule has 0 spiro atoms. The topological polar surface area (TPSA) is 95.9 Å². The van der Waals surface area contributed by atoms with Gasteiger partial charge < -0.3 is 20.1 Å². The number of halogens is 1. The van der Waals surface area contributed by atoms with E-state index in [1.54, 1.807) is 25.7 Å². The summed E-state index contributed by atoms with van der Waals surface area (Å²) in [7, 11) is 0. The number of ether oxygens (including phenoxy) is 1. The molecule has 2 amide bonds. The van der Waals surface area contributed by atoms with Crippen LogP contribution in [0.25, 0.3) is 0 Å². The molecule has 0 aromatic rings. The lowest BCUT2D eigenvalue weighted by atomic mass is 10.1. The van der Waals surface area contributed by atoms with E-state index in [1.165, 1.54) is 0 Å². The summed E-state index contributed by atoms with van der Waals surface area (Å²) in [6, 6.07) is -0.996. The van der Waals surface area contributed by atoms with Gasteiger partial charge in [-0.15, -0.1) is 11.6 Å². The number of hydrogen-bond donors (Lipinski definition) is 2. The molecule has 1 saturated heterocycles. The Balaban J connectivity index is 2.33.